The summed E-state index contributed by atoms with van der Waals surface area (Å²) in [6.45, 7) is 2.21. The fraction of sp³-hybridized carbons (Fsp3) is 0.421. The predicted octanol–water partition coefficient (Wildman–Crippen LogP) is 3.40. The molecule has 0 saturated carbocycles. The van der Waals surface area contributed by atoms with Gasteiger partial charge >= 0.3 is 5.97 Å². The lowest BCUT2D eigenvalue weighted by atomic mass is 10.1. The Labute approximate surface area is 160 Å². The number of nitrogens with one attached hydrogen (secondary N) is 1. The van der Waals surface area contributed by atoms with Gasteiger partial charge in [-0.1, -0.05) is 57.2 Å². The summed E-state index contributed by atoms with van der Waals surface area (Å²) in [6.07, 6.45) is 12.4. The van der Waals surface area contributed by atoms with E-state index in [1.54, 1.807) is 24.3 Å². The van der Waals surface area contributed by atoms with Crippen LogP contribution in [-0.4, -0.2) is 17.4 Å². The van der Waals surface area contributed by atoms with E-state index in [1.807, 2.05) is 11.5 Å². The first kappa shape index (κ1) is 23.8. The van der Waals surface area contributed by atoms with Crippen molar-refractivity contribution < 1.29 is 14.3 Å². The fourth-order valence-electron chi connectivity index (χ4n) is 2.02. The fourth-order valence-corrected chi connectivity index (χ4v) is 2.02. The number of ether oxygens (including phenoxy) is 1. The van der Waals surface area contributed by atoms with Crippen molar-refractivity contribution in [3.63, 3.8) is 0 Å². The second-order valence-corrected chi connectivity index (χ2v) is 6.02. The minimum absolute atomic E-state index is 0.116. The molecule has 7 heteroatoms. The van der Waals surface area contributed by atoms with E-state index in [-0.39, 0.29) is 5.11 Å². The molecule has 0 radical (unpaired) electrons. The van der Waals surface area contributed by atoms with Gasteiger partial charge in [0.05, 0.1) is 0 Å². The molecule has 0 aromatic heterocycles. The molecule has 0 amide bonds. The Kier molecular flexibility index (Phi) is 14.8. The second kappa shape index (κ2) is 16.2. The van der Waals surface area contributed by atoms with E-state index in [9.17, 15) is 9.59 Å². The molecule has 6 nitrogen and oxygen atoms in total. The quantitative estimate of drug-likeness (QED) is 0.0835. The maximum Gasteiger partial charge on any atom is 0.335 e. The summed E-state index contributed by atoms with van der Waals surface area (Å²) in [5.41, 5.74) is 7.32. The molecule has 0 fully saturated rings. The lowest BCUT2D eigenvalue weighted by Gasteiger charge is -2.01. The zero-order chi connectivity index (χ0) is 19.6. The number of hydrazine groups is 1. The smallest absolute Gasteiger partial charge is 0.335 e. The van der Waals surface area contributed by atoms with E-state index in [2.05, 4.69) is 25.0 Å². The monoisotopic (exact) mass is 379 g/mol. The molecule has 0 aliphatic carbocycles. The van der Waals surface area contributed by atoms with Gasteiger partial charge in [0.2, 0.25) is 0 Å². The lowest BCUT2D eigenvalue weighted by molar-refractivity contribution is -0.129. The molecule has 144 valence electrons. The molecule has 1 aromatic rings. The van der Waals surface area contributed by atoms with Crippen LogP contribution in [0.2, 0.25) is 0 Å². The molecule has 26 heavy (non-hydrogen) atoms. The van der Waals surface area contributed by atoms with Crippen molar-refractivity contribution in [1.82, 2.24) is 5.43 Å². The molecular formula is C19H29N3O3S. The molecule has 0 saturated heterocycles. The summed E-state index contributed by atoms with van der Waals surface area (Å²) < 4.78 is 5.13. The van der Waals surface area contributed by atoms with Gasteiger partial charge in [-0.2, -0.15) is 0 Å². The van der Waals surface area contributed by atoms with Crippen LogP contribution in [0.5, 0.6) is 5.75 Å². The highest BCUT2D eigenvalue weighted by Crippen LogP contribution is 2.12. The highest BCUT2D eigenvalue weighted by molar-refractivity contribution is 7.80. The number of hydrogen-bond donors (Lipinski definition) is 3. The molecule has 0 aliphatic heterocycles. The van der Waals surface area contributed by atoms with Gasteiger partial charge in [-0.15, -0.1) is 0 Å². The highest BCUT2D eigenvalue weighted by atomic mass is 32.1. The summed E-state index contributed by atoms with van der Waals surface area (Å²) >= 11 is 4.24. The summed E-state index contributed by atoms with van der Waals surface area (Å²) in [4.78, 5) is 22.2. The van der Waals surface area contributed by atoms with Crippen molar-refractivity contribution in [1.29, 1.82) is 0 Å². The Morgan fingerprint density at radius 2 is 1.88 bits per heavy atom. The van der Waals surface area contributed by atoms with E-state index in [0.717, 1.165) is 19.1 Å². The summed E-state index contributed by atoms with van der Waals surface area (Å²) in [5, 5.41) is 0.116. The third-order valence-corrected chi connectivity index (χ3v) is 3.45. The van der Waals surface area contributed by atoms with Crippen LogP contribution in [0.1, 0.15) is 62.2 Å². The number of allylic oxidation sites excluding steroid dienone is 1. The molecule has 0 spiro atoms. The van der Waals surface area contributed by atoms with Crippen LogP contribution in [0, 0.1) is 0 Å². The van der Waals surface area contributed by atoms with Gasteiger partial charge in [-0.3, -0.25) is 4.79 Å². The third kappa shape index (κ3) is 14.1. The van der Waals surface area contributed by atoms with Crippen LogP contribution < -0.4 is 21.7 Å². The van der Waals surface area contributed by atoms with Crippen LogP contribution in [-0.2, 0) is 4.79 Å². The lowest BCUT2D eigenvalue weighted by Crippen LogP contribution is -2.34. The topological polar surface area (TPSA) is 107 Å². The molecule has 0 aliphatic rings. The molecule has 5 N–H and O–H groups in total. The molecule has 0 unspecified atom stereocenters. The second-order valence-electron chi connectivity index (χ2n) is 5.58. The minimum atomic E-state index is -0.399. The summed E-state index contributed by atoms with van der Waals surface area (Å²) in [6, 6.07) is 6.56. The Morgan fingerprint density at radius 3 is 2.50 bits per heavy atom. The summed E-state index contributed by atoms with van der Waals surface area (Å²) in [5.74, 6) is 4.65. The molecule has 0 atom stereocenters. The molecule has 0 heterocycles. The van der Waals surface area contributed by atoms with Gasteiger partial charge in [0, 0.05) is 11.6 Å². The van der Waals surface area contributed by atoms with E-state index in [0.29, 0.717) is 11.3 Å². The van der Waals surface area contributed by atoms with Crippen molar-refractivity contribution in [2.75, 3.05) is 0 Å². The Morgan fingerprint density at radius 1 is 1.23 bits per heavy atom. The van der Waals surface area contributed by atoms with Crippen molar-refractivity contribution in [2.45, 2.75) is 51.9 Å². The largest absolute Gasteiger partial charge is 0.423 e. The number of carbonyl (C=O) groups excluding carboxylic acids is 2. The number of thiocarbonyl (C=S) groups is 1. The van der Waals surface area contributed by atoms with Crippen molar-refractivity contribution in [3.8, 4) is 5.75 Å². The number of unbranched alkanes of at least 4 members (excludes halogenated alkanes) is 6. The first-order valence-electron chi connectivity index (χ1n) is 8.73. The Balaban J connectivity index is 0.00000110. The number of rotatable bonds is 10. The highest BCUT2D eigenvalue weighted by Gasteiger charge is 2.01. The maximum absolute atomic E-state index is 11.6. The Bertz CT molecular complexity index is 577. The van der Waals surface area contributed by atoms with Gasteiger partial charge in [0.25, 0.3) is 0 Å². The van der Waals surface area contributed by atoms with E-state index >= 15 is 0 Å². The number of carbonyl (C=O) groups is 2. The van der Waals surface area contributed by atoms with E-state index in [1.165, 1.54) is 38.2 Å². The molecule has 1 aromatic carbocycles. The van der Waals surface area contributed by atoms with Gasteiger partial charge in [0.1, 0.15) is 12.0 Å². The van der Waals surface area contributed by atoms with Crippen LogP contribution in [0.3, 0.4) is 0 Å². The van der Waals surface area contributed by atoms with Gasteiger partial charge in [-0.05, 0) is 37.2 Å². The van der Waals surface area contributed by atoms with E-state index in [4.69, 9.17) is 10.5 Å². The number of nitrogens with two attached hydrogens (primary N) is 2. The van der Waals surface area contributed by atoms with Crippen molar-refractivity contribution >= 4 is 29.6 Å². The molecule has 1 rings (SSSR count). The minimum Gasteiger partial charge on any atom is -0.423 e. The number of esters is 1. The van der Waals surface area contributed by atoms with Gasteiger partial charge in [0.15, 0.2) is 5.11 Å². The SMILES string of the molecule is CCCCCCCCC=CC(=O)Oc1cccc(C=O)c1.NNC(N)=S. The first-order chi connectivity index (χ1) is 12.5. The molecular weight excluding hydrogens is 350 g/mol. The zero-order valence-electron chi connectivity index (χ0n) is 15.3. The number of benzene rings is 1. The van der Waals surface area contributed by atoms with Gasteiger partial charge < -0.3 is 15.9 Å². The number of aldehydes is 1. The summed E-state index contributed by atoms with van der Waals surface area (Å²) in [7, 11) is 0. The Hall–Kier alpha value is -2.25. The standard InChI is InChI=1S/C18H24O3.CH5N3S/c1-2-3-4-5-6-7-8-9-13-18(20)21-17-12-10-11-16(14-17)15-19;2-1(5)4-3/h9-15H,2-8H2,1H3;3H2,(H3,2,4,5). The maximum atomic E-state index is 11.6. The van der Waals surface area contributed by atoms with Crippen LogP contribution in [0.15, 0.2) is 36.4 Å². The van der Waals surface area contributed by atoms with Crippen molar-refractivity contribution in [3.05, 3.63) is 42.0 Å². The van der Waals surface area contributed by atoms with E-state index < -0.39 is 5.97 Å². The first-order valence-corrected chi connectivity index (χ1v) is 9.14. The normalized spacial score (nSPS) is 9.92. The zero-order valence-corrected chi connectivity index (χ0v) is 16.1. The predicted molar refractivity (Wildman–Crippen MR) is 109 cm³/mol. The van der Waals surface area contributed by atoms with Gasteiger partial charge in [-0.25, -0.2) is 10.6 Å². The average Bonchev–Trinajstić information content (AvgIpc) is 2.64. The average molecular weight is 380 g/mol. The van der Waals surface area contributed by atoms with Crippen LogP contribution in [0.25, 0.3) is 0 Å². The van der Waals surface area contributed by atoms with Crippen LogP contribution in [0.4, 0.5) is 0 Å². The number of hydrogen-bond acceptors (Lipinski definition) is 5. The van der Waals surface area contributed by atoms with Crippen molar-refractivity contribution in [2.24, 2.45) is 11.6 Å². The van der Waals surface area contributed by atoms with Crippen LogP contribution >= 0.6 is 12.2 Å². The molecule has 0 bridgehead atoms. The third-order valence-electron chi connectivity index (χ3n) is 3.33.